The summed E-state index contributed by atoms with van der Waals surface area (Å²) in [4.78, 5) is 27.8. The van der Waals surface area contributed by atoms with E-state index in [1.54, 1.807) is 18.4 Å². The van der Waals surface area contributed by atoms with E-state index in [0.717, 1.165) is 16.2 Å². The number of amides is 2. The van der Waals surface area contributed by atoms with E-state index in [9.17, 15) is 9.59 Å². The van der Waals surface area contributed by atoms with Gasteiger partial charge in [-0.1, -0.05) is 39.0 Å². The summed E-state index contributed by atoms with van der Waals surface area (Å²) in [6.45, 7) is 7.62. The fourth-order valence-electron chi connectivity index (χ4n) is 3.01. The van der Waals surface area contributed by atoms with Gasteiger partial charge in [-0.05, 0) is 41.6 Å². The zero-order chi connectivity index (χ0) is 21.2. The Balaban J connectivity index is 1.88. The third-order valence-corrected chi connectivity index (χ3v) is 5.56. The van der Waals surface area contributed by atoms with Crippen LogP contribution in [-0.2, 0) is 16.1 Å². The second kappa shape index (κ2) is 11.6. The van der Waals surface area contributed by atoms with Crippen LogP contribution in [0.1, 0.15) is 37.3 Å². The quantitative estimate of drug-likeness (QED) is 0.589. The van der Waals surface area contributed by atoms with Crippen LogP contribution in [0.4, 0.5) is 0 Å². The summed E-state index contributed by atoms with van der Waals surface area (Å²) in [5, 5.41) is 8.00. The van der Waals surface area contributed by atoms with Gasteiger partial charge in [0.2, 0.25) is 11.8 Å². The molecule has 1 aromatic carbocycles. The molecule has 0 spiro atoms. The molecule has 1 heterocycles. The minimum Gasteiger partial charge on any atom is -0.497 e. The number of rotatable bonds is 11. The lowest BCUT2D eigenvalue weighted by Gasteiger charge is -2.25. The Hall–Kier alpha value is -2.38. The molecule has 2 N–H and O–H groups in total. The molecule has 0 radical (unpaired) electrons. The predicted molar refractivity (Wildman–Crippen MR) is 117 cm³/mol. The highest BCUT2D eigenvalue weighted by Crippen LogP contribution is 2.23. The average Bonchev–Trinajstić information content (AvgIpc) is 3.23. The fourth-order valence-corrected chi connectivity index (χ4v) is 3.65. The molecule has 0 aliphatic rings. The standard InChI is InChI=1S/C22H31N3O3S/c1-5-25(14-20(26)23-13-19-7-6-12-29-19)15-21(27)24-22(16(2)3)17-8-10-18(28-4)11-9-17/h6-12,16,22H,5,13-15H2,1-4H3,(H,23,26)(H,24,27). The first kappa shape index (κ1) is 22.9. The van der Waals surface area contributed by atoms with E-state index in [4.69, 9.17) is 4.74 Å². The molecule has 1 aromatic heterocycles. The van der Waals surface area contributed by atoms with E-state index in [2.05, 4.69) is 24.5 Å². The van der Waals surface area contributed by atoms with E-state index < -0.39 is 0 Å². The molecule has 0 saturated heterocycles. The van der Waals surface area contributed by atoms with Crippen molar-refractivity contribution in [1.29, 1.82) is 0 Å². The van der Waals surface area contributed by atoms with Crippen molar-refractivity contribution in [2.45, 2.75) is 33.4 Å². The number of nitrogens with one attached hydrogen (secondary N) is 2. The van der Waals surface area contributed by atoms with E-state index in [0.29, 0.717) is 13.1 Å². The van der Waals surface area contributed by atoms with E-state index >= 15 is 0 Å². The minimum absolute atomic E-state index is 0.0800. The van der Waals surface area contributed by atoms with Crippen LogP contribution in [0.25, 0.3) is 0 Å². The molecule has 0 aliphatic heterocycles. The molecule has 2 rings (SSSR count). The maximum Gasteiger partial charge on any atom is 0.234 e. The Morgan fingerprint density at radius 3 is 2.34 bits per heavy atom. The molecule has 0 aliphatic carbocycles. The van der Waals surface area contributed by atoms with Gasteiger partial charge >= 0.3 is 0 Å². The number of thiophene rings is 1. The van der Waals surface area contributed by atoms with Gasteiger partial charge in [0.05, 0.1) is 32.8 Å². The first-order valence-corrected chi connectivity index (χ1v) is 10.8. The molecule has 1 unspecified atom stereocenters. The van der Waals surface area contributed by atoms with Crippen LogP contribution in [0.3, 0.4) is 0 Å². The highest BCUT2D eigenvalue weighted by molar-refractivity contribution is 7.09. The van der Waals surface area contributed by atoms with Gasteiger partial charge in [-0.15, -0.1) is 11.3 Å². The van der Waals surface area contributed by atoms with E-state index in [-0.39, 0.29) is 36.9 Å². The van der Waals surface area contributed by atoms with Gasteiger partial charge in [0, 0.05) is 4.88 Å². The number of likely N-dealkylation sites (N-methyl/N-ethyl adjacent to an activating group) is 1. The third kappa shape index (κ3) is 7.51. The summed E-state index contributed by atoms with van der Waals surface area (Å²) in [7, 11) is 1.63. The SMILES string of the molecule is CCN(CC(=O)NCc1cccs1)CC(=O)NC(c1ccc(OC)cc1)C(C)C. The minimum atomic E-state index is -0.0974. The van der Waals surface area contributed by atoms with Crippen molar-refractivity contribution in [2.24, 2.45) is 5.92 Å². The lowest BCUT2D eigenvalue weighted by molar-refractivity contribution is -0.125. The number of carbonyl (C=O) groups excluding carboxylic acids is 2. The number of carbonyl (C=O) groups is 2. The molecular weight excluding hydrogens is 386 g/mol. The number of ether oxygens (including phenoxy) is 1. The summed E-state index contributed by atoms with van der Waals surface area (Å²) in [6, 6.07) is 11.6. The van der Waals surface area contributed by atoms with Gasteiger partial charge in [-0.25, -0.2) is 0 Å². The highest BCUT2D eigenvalue weighted by Gasteiger charge is 2.20. The molecule has 29 heavy (non-hydrogen) atoms. The average molecular weight is 418 g/mol. The summed E-state index contributed by atoms with van der Waals surface area (Å²) in [5.74, 6) is 0.848. The predicted octanol–water partition coefficient (Wildman–Crippen LogP) is 3.21. The van der Waals surface area contributed by atoms with Crippen molar-refractivity contribution in [1.82, 2.24) is 15.5 Å². The van der Waals surface area contributed by atoms with Gasteiger partial charge < -0.3 is 15.4 Å². The van der Waals surface area contributed by atoms with Crippen molar-refractivity contribution in [3.05, 3.63) is 52.2 Å². The highest BCUT2D eigenvalue weighted by atomic mass is 32.1. The van der Waals surface area contributed by atoms with Crippen molar-refractivity contribution in [2.75, 3.05) is 26.7 Å². The second-order valence-corrected chi connectivity index (χ2v) is 8.25. The van der Waals surface area contributed by atoms with Crippen LogP contribution in [0.15, 0.2) is 41.8 Å². The number of methoxy groups -OCH3 is 1. The largest absolute Gasteiger partial charge is 0.497 e. The summed E-state index contributed by atoms with van der Waals surface area (Å²) >= 11 is 1.61. The smallest absolute Gasteiger partial charge is 0.234 e. The zero-order valence-corrected chi connectivity index (χ0v) is 18.4. The molecular formula is C22H31N3O3S. The summed E-state index contributed by atoms with van der Waals surface area (Å²) in [5.41, 5.74) is 1.03. The maximum absolute atomic E-state index is 12.6. The van der Waals surface area contributed by atoms with Crippen LogP contribution in [0.5, 0.6) is 5.75 Å². The molecule has 158 valence electrons. The molecule has 2 amide bonds. The van der Waals surface area contributed by atoms with Crippen LogP contribution < -0.4 is 15.4 Å². The van der Waals surface area contributed by atoms with Gasteiger partial charge in [-0.2, -0.15) is 0 Å². The molecule has 1 atom stereocenters. The number of hydrogen-bond acceptors (Lipinski definition) is 5. The molecule has 0 bridgehead atoms. The molecule has 7 heteroatoms. The molecule has 6 nitrogen and oxygen atoms in total. The van der Waals surface area contributed by atoms with Crippen molar-refractivity contribution >= 4 is 23.2 Å². The van der Waals surface area contributed by atoms with Crippen molar-refractivity contribution in [3.63, 3.8) is 0 Å². The molecule has 0 saturated carbocycles. The third-order valence-electron chi connectivity index (χ3n) is 4.68. The molecule has 0 fully saturated rings. The van der Waals surface area contributed by atoms with Gasteiger partial charge in [0.1, 0.15) is 5.75 Å². The van der Waals surface area contributed by atoms with Crippen LogP contribution in [-0.4, -0.2) is 43.5 Å². The first-order chi connectivity index (χ1) is 13.9. The normalized spacial score (nSPS) is 12.1. The van der Waals surface area contributed by atoms with Gasteiger partial charge in [0.25, 0.3) is 0 Å². The van der Waals surface area contributed by atoms with E-state index in [1.165, 1.54) is 0 Å². The van der Waals surface area contributed by atoms with Gasteiger partial charge in [0.15, 0.2) is 0 Å². The molecule has 2 aromatic rings. The topological polar surface area (TPSA) is 70.7 Å². The first-order valence-electron chi connectivity index (χ1n) is 9.87. The zero-order valence-electron chi connectivity index (χ0n) is 17.6. The second-order valence-electron chi connectivity index (χ2n) is 7.22. The Morgan fingerprint density at radius 2 is 1.79 bits per heavy atom. The van der Waals surface area contributed by atoms with Crippen LogP contribution >= 0.6 is 11.3 Å². The summed E-state index contributed by atoms with van der Waals surface area (Å²) in [6.07, 6.45) is 0. The van der Waals surface area contributed by atoms with Gasteiger partial charge in [-0.3, -0.25) is 14.5 Å². The number of hydrogen-bond donors (Lipinski definition) is 2. The van der Waals surface area contributed by atoms with Crippen LogP contribution in [0, 0.1) is 5.92 Å². The lowest BCUT2D eigenvalue weighted by Crippen LogP contribution is -2.44. The Morgan fingerprint density at radius 1 is 1.10 bits per heavy atom. The maximum atomic E-state index is 12.6. The Bertz CT molecular complexity index is 760. The van der Waals surface area contributed by atoms with E-state index in [1.807, 2.05) is 53.6 Å². The van der Waals surface area contributed by atoms with Crippen molar-refractivity contribution < 1.29 is 14.3 Å². The fraction of sp³-hybridized carbons (Fsp3) is 0.455. The Labute approximate surface area is 177 Å². The number of nitrogens with zero attached hydrogens (tertiary/aromatic N) is 1. The number of benzene rings is 1. The lowest BCUT2D eigenvalue weighted by atomic mass is 9.96. The summed E-state index contributed by atoms with van der Waals surface area (Å²) < 4.78 is 5.21. The van der Waals surface area contributed by atoms with Crippen molar-refractivity contribution in [3.8, 4) is 5.75 Å². The monoisotopic (exact) mass is 417 g/mol. The Kier molecular flexibility index (Phi) is 9.15. The van der Waals surface area contributed by atoms with Crippen LogP contribution in [0.2, 0.25) is 0 Å².